The van der Waals surface area contributed by atoms with Crippen molar-refractivity contribution in [2.45, 2.75) is 44.6 Å². The Morgan fingerprint density at radius 3 is 2.43 bits per heavy atom. The number of anilines is 4. The van der Waals surface area contributed by atoms with Crippen LogP contribution in [0.2, 0.25) is 0 Å². The van der Waals surface area contributed by atoms with E-state index in [0.29, 0.717) is 12.0 Å². The van der Waals surface area contributed by atoms with Crippen molar-refractivity contribution in [3.05, 3.63) is 52.3 Å². The minimum absolute atomic E-state index is 0.334. The van der Waals surface area contributed by atoms with Crippen LogP contribution in [0, 0.1) is 0 Å². The van der Waals surface area contributed by atoms with Crippen molar-refractivity contribution in [2.75, 3.05) is 48.8 Å². The van der Waals surface area contributed by atoms with Gasteiger partial charge in [-0.15, -0.1) is 0 Å². The van der Waals surface area contributed by atoms with E-state index in [0.717, 1.165) is 90.4 Å². The lowest BCUT2D eigenvalue weighted by Gasteiger charge is -2.34. The third-order valence-electron chi connectivity index (χ3n) is 7.54. The van der Waals surface area contributed by atoms with Crippen LogP contribution in [0.15, 0.2) is 52.3 Å². The Labute approximate surface area is 227 Å². The number of aromatic nitrogens is 4. The number of nitrogens with one attached hydrogen (secondary N) is 2. The monoisotopic (exact) mass is 538 g/mol. The summed E-state index contributed by atoms with van der Waals surface area (Å²) in [6.45, 7) is 4.28. The first-order chi connectivity index (χ1) is 18.0. The van der Waals surface area contributed by atoms with Gasteiger partial charge in [-0.05, 0) is 63.1 Å². The highest BCUT2D eigenvalue weighted by molar-refractivity contribution is 6.32. The van der Waals surface area contributed by atoms with Gasteiger partial charge in [-0.25, -0.2) is 9.97 Å². The molecule has 3 heterocycles. The highest BCUT2D eigenvalue weighted by atomic mass is 35.5. The third-order valence-corrected chi connectivity index (χ3v) is 8.23. The zero-order chi connectivity index (χ0) is 25.4. The number of imidazole rings is 1. The Bertz CT molecular complexity index is 1330. The Morgan fingerprint density at radius 2 is 1.68 bits per heavy atom. The maximum absolute atomic E-state index is 6.52. The van der Waals surface area contributed by atoms with Crippen LogP contribution < -0.4 is 15.5 Å². The number of hydrogen-bond acceptors (Lipinski definition) is 7. The number of halogens is 2. The molecule has 194 valence electrons. The molecular formula is C27H32Cl2N8. The molecule has 2 N–H and O–H groups in total. The number of rotatable bonds is 6. The van der Waals surface area contributed by atoms with Crippen molar-refractivity contribution in [2.24, 2.45) is 0 Å². The highest BCUT2D eigenvalue weighted by Crippen LogP contribution is 2.37. The van der Waals surface area contributed by atoms with Crippen LogP contribution in [-0.4, -0.2) is 57.6 Å². The summed E-state index contributed by atoms with van der Waals surface area (Å²) in [4.78, 5) is 19.1. The molecule has 6 rings (SSSR count). The van der Waals surface area contributed by atoms with Crippen LogP contribution in [0.4, 0.5) is 23.3 Å². The van der Waals surface area contributed by atoms with Gasteiger partial charge in [0.05, 0.1) is 11.9 Å². The van der Waals surface area contributed by atoms with Crippen molar-refractivity contribution >= 4 is 57.6 Å². The van der Waals surface area contributed by atoms with Crippen LogP contribution in [0.1, 0.15) is 44.6 Å². The van der Waals surface area contributed by atoms with Gasteiger partial charge in [0.15, 0.2) is 5.65 Å². The molecule has 2 aliphatic carbocycles. The molecule has 0 atom stereocenters. The Kier molecular flexibility index (Phi) is 6.97. The topological polar surface area (TPSA) is 74.1 Å². The van der Waals surface area contributed by atoms with Crippen molar-refractivity contribution in [1.29, 1.82) is 0 Å². The van der Waals surface area contributed by atoms with E-state index in [1.807, 2.05) is 6.08 Å². The van der Waals surface area contributed by atoms with E-state index in [2.05, 4.69) is 61.3 Å². The predicted octanol–water partition coefficient (Wildman–Crippen LogP) is 6.22. The molecule has 1 saturated heterocycles. The third kappa shape index (κ3) is 5.28. The van der Waals surface area contributed by atoms with E-state index < -0.39 is 0 Å². The maximum atomic E-state index is 6.52. The van der Waals surface area contributed by atoms with Gasteiger partial charge in [0.1, 0.15) is 5.52 Å². The molecule has 10 heteroatoms. The normalized spacial score (nSPS) is 19.5. The van der Waals surface area contributed by atoms with Crippen LogP contribution in [0.5, 0.6) is 0 Å². The second-order valence-electron chi connectivity index (χ2n) is 10.1. The fraction of sp³-hybridized carbons (Fsp3) is 0.444. The summed E-state index contributed by atoms with van der Waals surface area (Å²) in [6, 6.07) is 8.85. The van der Waals surface area contributed by atoms with Gasteiger partial charge < -0.3 is 20.4 Å². The smallest absolute Gasteiger partial charge is 0.229 e. The number of hydrogen-bond donors (Lipinski definition) is 2. The maximum Gasteiger partial charge on any atom is 0.229 e. The molecule has 0 bridgehead atoms. The predicted molar refractivity (Wildman–Crippen MR) is 152 cm³/mol. The number of piperazine rings is 1. The molecule has 3 aromatic rings. The molecule has 2 fully saturated rings. The van der Waals surface area contributed by atoms with E-state index in [4.69, 9.17) is 33.2 Å². The minimum atomic E-state index is 0.334. The number of fused-ring (bicyclic) bond motifs is 1. The Balaban J connectivity index is 1.27. The first kappa shape index (κ1) is 24.5. The molecular weight excluding hydrogens is 507 g/mol. The molecule has 0 spiro atoms. The fourth-order valence-electron chi connectivity index (χ4n) is 5.39. The minimum Gasteiger partial charge on any atom is -0.369 e. The summed E-state index contributed by atoms with van der Waals surface area (Å²) >= 11 is 12.8. The molecule has 1 aromatic carbocycles. The number of allylic oxidation sites excluding steroid dienone is 3. The average Bonchev–Trinajstić information content (AvgIpc) is 3.55. The van der Waals surface area contributed by atoms with Gasteiger partial charge in [0.25, 0.3) is 0 Å². The standard InChI is InChI=1S/C27H32Cl2N8/c1-35-12-14-36(15-13-35)20-9-7-19(8-10-20)31-26-30-17-24-25(34-26)37(21-4-2-3-5-21)27(33-24)32-23-16-18(28)6-11-22(23)29/h7-10,16-17,21H,2-6,11-15H2,1H3,(H,32,33)(H,30,31,34). The van der Waals surface area contributed by atoms with Gasteiger partial charge in [-0.3, -0.25) is 4.57 Å². The van der Waals surface area contributed by atoms with Crippen LogP contribution >= 0.6 is 23.2 Å². The van der Waals surface area contributed by atoms with Gasteiger partial charge >= 0.3 is 0 Å². The molecule has 37 heavy (non-hydrogen) atoms. The van der Waals surface area contributed by atoms with Gasteiger partial charge in [-0.2, -0.15) is 4.98 Å². The number of nitrogens with zero attached hydrogens (tertiary/aromatic N) is 6. The summed E-state index contributed by atoms with van der Waals surface area (Å²) in [6.07, 6.45) is 9.79. The van der Waals surface area contributed by atoms with Crippen molar-refractivity contribution in [3.63, 3.8) is 0 Å². The molecule has 8 nitrogen and oxygen atoms in total. The van der Waals surface area contributed by atoms with E-state index in [9.17, 15) is 0 Å². The SMILES string of the molecule is CN1CCN(c2ccc(Nc3ncc4nc(NC5=C(Cl)CCC(Cl)=C5)n(C5CCCC5)c4n3)cc2)CC1. The van der Waals surface area contributed by atoms with Gasteiger partial charge in [-0.1, -0.05) is 36.0 Å². The summed E-state index contributed by atoms with van der Waals surface area (Å²) in [5, 5.41) is 8.39. The summed E-state index contributed by atoms with van der Waals surface area (Å²) < 4.78 is 2.22. The van der Waals surface area contributed by atoms with Crippen molar-refractivity contribution < 1.29 is 0 Å². The molecule has 1 aliphatic heterocycles. The Hall–Kier alpha value is -2.81. The lowest BCUT2D eigenvalue weighted by atomic mass is 10.1. The fourth-order valence-corrected chi connectivity index (χ4v) is 5.79. The van der Waals surface area contributed by atoms with E-state index in [1.54, 1.807) is 6.20 Å². The van der Waals surface area contributed by atoms with Gasteiger partial charge in [0.2, 0.25) is 11.9 Å². The molecule has 1 saturated carbocycles. The van der Waals surface area contributed by atoms with Crippen LogP contribution in [0.25, 0.3) is 11.2 Å². The van der Waals surface area contributed by atoms with E-state index in [-0.39, 0.29) is 0 Å². The van der Waals surface area contributed by atoms with Crippen molar-refractivity contribution in [3.8, 4) is 0 Å². The van der Waals surface area contributed by atoms with Crippen LogP contribution in [0.3, 0.4) is 0 Å². The highest BCUT2D eigenvalue weighted by Gasteiger charge is 2.25. The summed E-state index contributed by atoms with van der Waals surface area (Å²) in [7, 11) is 2.17. The molecule has 0 amide bonds. The van der Waals surface area contributed by atoms with Crippen LogP contribution in [-0.2, 0) is 0 Å². The average molecular weight is 540 g/mol. The largest absolute Gasteiger partial charge is 0.369 e. The zero-order valence-corrected chi connectivity index (χ0v) is 22.6. The second kappa shape index (κ2) is 10.5. The number of likely N-dealkylation sites (N-methyl/N-ethyl adjacent to an activating group) is 1. The lowest BCUT2D eigenvalue weighted by molar-refractivity contribution is 0.313. The van der Waals surface area contributed by atoms with E-state index in [1.165, 1.54) is 18.5 Å². The van der Waals surface area contributed by atoms with E-state index >= 15 is 0 Å². The molecule has 0 unspecified atom stereocenters. The quantitative estimate of drug-likeness (QED) is 0.386. The zero-order valence-electron chi connectivity index (χ0n) is 21.1. The molecule has 0 radical (unpaired) electrons. The Morgan fingerprint density at radius 1 is 0.919 bits per heavy atom. The molecule has 2 aromatic heterocycles. The summed E-state index contributed by atoms with van der Waals surface area (Å²) in [5.41, 5.74) is 4.59. The second-order valence-corrected chi connectivity index (χ2v) is 11.1. The lowest BCUT2D eigenvalue weighted by Crippen LogP contribution is -2.44. The number of benzene rings is 1. The molecule has 3 aliphatic rings. The summed E-state index contributed by atoms with van der Waals surface area (Å²) in [5.74, 6) is 1.30. The van der Waals surface area contributed by atoms with Gasteiger partial charge in [0, 0.05) is 53.7 Å². The first-order valence-electron chi connectivity index (χ1n) is 13.1. The first-order valence-corrected chi connectivity index (χ1v) is 13.9. The van der Waals surface area contributed by atoms with Crippen molar-refractivity contribution in [1.82, 2.24) is 24.4 Å².